The molecule has 1 aliphatic heterocycles. The van der Waals surface area contributed by atoms with Gasteiger partial charge in [-0.25, -0.2) is 9.97 Å². The number of nitrogens with zero attached hydrogens (tertiary/aromatic N) is 5. The van der Waals surface area contributed by atoms with Gasteiger partial charge in [0.1, 0.15) is 12.7 Å². The van der Waals surface area contributed by atoms with Gasteiger partial charge in [-0.15, -0.1) is 11.3 Å². The number of carbonyl (C=O) groups is 1. The van der Waals surface area contributed by atoms with Crippen LogP contribution in [-0.2, 0) is 11.3 Å². The monoisotopic (exact) mass is 320 g/mol. The molecule has 0 radical (unpaired) electrons. The van der Waals surface area contributed by atoms with Crippen LogP contribution in [0.2, 0.25) is 0 Å². The molecule has 1 fully saturated rings. The van der Waals surface area contributed by atoms with Gasteiger partial charge in [0.25, 0.3) is 0 Å². The number of hydrogen-bond acceptors (Lipinski definition) is 6. The van der Waals surface area contributed by atoms with Gasteiger partial charge in [0, 0.05) is 10.9 Å². The Morgan fingerprint density at radius 2 is 2.36 bits per heavy atom. The van der Waals surface area contributed by atoms with Crippen LogP contribution < -0.4 is 5.32 Å². The Labute approximate surface area is 133 Å². The number of anilines is 1. The molecule has 8 heteroatoms. The third kappa shape index (κ3) is 3.50. The molecule has 3 rings (SSSR count). The molecule has 1 saturated heterocycles. The fraction of sp³-hybridized carbons (Fsp3) is 0.571. The Bertz CT molecular complexity index is 618. The van der Waals surface area contributed by atoms with Crippen LogP contribution in [0.25, 0.3) is 0 Å². The van der Waals surface area contributed by atoms with E-state index in [0.29, 0.717) is 17.7 Å². The SMILES string of the molecule is Cc1nc(NC(=O)CN2CCC[C@@H]2Cn2cncn2)sc1C. The summed E-state index contributed by atoms with van der Waals surface area (Å²) in [4.78, 5) is 23.9. The predicted octanol–water partition coefficient (Wildman–Crippen LogP) is 1.45. The van der Waals surface area contributed by atoms with E-state index in [9.17, 15) is 4.79 Å². The Hall–Kier alpha value is -1.80. The Morgan fingerprint density at radius 3 is 3.05 bits per heavy atom. The highest BCUT2D eigenvalue weighted by molar-refractivity contribution is 7.15. The van der Waals surface area contributed by atoms with Crippen molar-refractivity contribution in [2.45, 2.75) is 39.3 Å². The second-order valence-electron chi connectivity index (χ2n) is 5.59. The number of likely N-dealkylation sites (tertiary alicyclic amines) is 1. The first-order valence-electron chi connectivity index (χ1n) is 7.42. The molecule has 2 aromatic rings. The summed E-state index contributed by atoms with van der Waals surface area (Å²) in [5.41, 5.74) is 0.977. The van der Waals surface area contributed by atoms with Gasteiger partial charge in [0.2, 0.25) is 5.91 Å². The van der Waals surface area contributed by atoms with E-state index in [1.807, 2.05) is 18.5 Å². The molecule has 2 aromatic heterocycles. The smallest absolute Gasteiger partial charge is 0.240 e. The van der Waals surface area contributed by atoms with Crippen LogP contribution in [0.3, 0.4) is 0 Å². The van der Waals surface area contributed by atoms with Gasteiger partial charge in [-0.2, -0.15) is 5.10 Å². The lowest BCUT2D eigenvalue weighted by atomic mass is 10.2. The molecular weight excluding hydrogens is 300 g/mol. The van der Waals surface area contributed by atoms with E-state index in [4.69, 9.17) is 0 Å². The van der Waals surface area contributed by atoms with Gasteiger partial charge in [-0.05, 0) is 33.2 Å². The number of thiazole rings is 1. The summed E-state index contributed by atoms with van der Waals surface area (Å²) in [6.07, 6.45) is 5.46. The van der Waals surface area contributed by atoms with Crippen molar-refractivity contribution in [2.24, 2.45) is 0 Å². The van der Waals surface area contributed by atoms with Crippen LogP contribution in [0.1, 0.15) is 23.4 Å². The van der Waals surface area contributed by atoms with Crippen molar-refractivity contribution in [1.82, 2.24) is 24.6 Å². The van der Waals surface area contributed by atoms with Crippen LogP contribution in [0, 0.1) is 13.8 Å². The minimum absolute atomic E-state index is 0.000703. The van der Waals surface area contributed by atoms with Gasteiger partial charge >= 0.3 is 0 Å². The summed E-state index contributed by atoms with van der Waals surface area (Å²) in [6, 6.07) is 0.340. The van der Waals surface area contributed by atoms with Gasteiger partial charge in [0.15, 0.2) is 5.13 Å². The van der Waals surface area contributed by atoms with Gasteiger partial charge in [-0.1, -0.05) is 0 Å². The summed E-state index contributed by atoms with van der Waals surface area (Å²) in [7, 11) is 0. The number of aromatic nitrogens is 4. The quantitative estimate of drug-likeness (QED) is 0.902. The maximum Gasteiger partial charge on any atom is 0.240 e. The molecule has 3 heterocycles. The fourth-order valence-corrected chi connectivity index (χ4v) is 3.55. The number of aryl methyl sites for hydroxylation is 2. The van der Waals surface area contributed by atoms with Crippen molar-refractivity contribution < 1.29 is 4.79 Å². The summed E-state index contributed by atoms with van der Waals surface area (Å²) < 4.78 is 1.83. The van der Waals surface area contributed by atoms with Crippen LogP contribution in [0.4, 0.5) is 5.13 Å². The second kappa shape index (κ2) is 6.53. The average Bonchev–Trinajstić information content (AvgIpc) is 3.17. The molecule has 1 amide bonds. The zero-order chi connectivity index (χ0) is 15.5. The van der Waals surface area contributed by atoms with E-state index >= 15 is 0 Å². The number of rotatable bonds is 5. The Kier molecular flexibility index (Phi) is 4.49. The molecule has 0 bridgehead atoms. The highest BCUT2D eigenvalue weighted by atomic mass is 32.1. The van der Waals surface area contributed by atoms with E-state index in [2.05, 4.69) is 25.3 Å². The fourth-order valence-electron chi connectivity index (χ4n) is 2.72. The lowest BCUT2D eigenvalue weighted by Crippen LogP contribution is -2.39. The van der Waals surface area contributed by atoms with E-state index in [-0.39, 0.29) is 5.91 Å². The highest BCUT2D eigenvalue weighted by Gasteiger charge is 2.27. The molecule has 0 spiro atoms. The van der Waals surface area contributed by atoms with E-state index in [1.165, 1.54) is 11.3 Å². The van der Waals surface area contributed by atoms with Crippen LogP contribution in [0.5, 0.6) is 0 Å². The molecule has 1 N–H and O–H groups in total. The second-order valence-corrected chi connectivity index (χ2v) is 6.80. The van der Waals surface area contributed by atoms with E-state index in [1.54, 1.807) is 12.7 Å². The topological polar surface area (TPSA) is 75.9 Å². The van der Waals surface area contributed by atoms with Crippen LogP contribution >= 0.6 is 11.3 Å². The molecular formula is C14H20N6OS. The highest BCUT2D eigenvalue weighted by Crippen LogP contribution is 2.22. The van der Waals surface area contributed by atoms with Crippen molar-refractivity contribution in [1.29, 1.82) is 0 Å². The van der Waals surface area contributed by atoms with Crippen molar-refractivity contribution in [2.75, 3.05) is 18.4 Å². The maximum absolute atomic E-state index is 12.2. The lowest BCUT2D eigenvalue weighted by Gasteiger charge is -2.23. The largest absolute Gasteiger partial charge is 0.301 e. The third-order valence-corrected chi connectivity index (χ3v) is 4.97. The van der Waals surface area contributed by atoms with E-state index in [0.717, 1.165) is 36.5 Å². The summed E-state index contributed by atoms with van der Waals surface area (Å²) in [6.45, 7) is 6.09. The summed E-state index contributed by atoms with van der Waals surface area (Å²) in [5.74, 6) is -0.000703. The molecule has 1 aliphatic rings. The average molecular weight is 320 g/mol. The summed E-state index contributed by atoms with van der Waals surface area (Å²) in [5, 5.41) is 7.73. The Morgan fingerprint density at radius 1 is 1.50 bits per heavy atom. The normalized spacial score (nSPS) is 18.7. The standard InChI is InChI=1S/C14H20N6OS/c1-10-11(2)22-14(17-10)18-13(21)7-19-5-3-4-12(19)6-20-9-15-8-16-20/h8-9,12H,3-7H2,1-2H3,(H,17,18,21)/t12-/m1/s1. The van der Waals surface area contributed by atoms with Crippen molar-refractivity contribution >= 4 is 22.4 Å². The Balaban J connectivity index is 1.55. The molecule has 0 saturated carbocycles. The molecule has 0 aliphatic carbocycles. The zero-order valence-corrected chi connectivity index (χ0v) is 13.6. The van der Waals surface area contributed by atoms with Crippen LogP contribution in [-0.4, -0.2) is 49.7 Å². The first-order chi connectivity index (χ1) is 10.6. The molecule has 0 aromatic carbocycles. The number of nitrogens with one attached hydrogen (secondary N) is 1. The minimum atomic E-state index is -0.000703. The summed E-state index contributed by atoms with van der Waals surface area (Å²) >= 11 is 1.52. The van der Waals surface area contributed by atoms with Gasteiger partial charge in [-0.3, -0.25) is 14.4 Å². The lowest BCUT2D eigenvalue weighted by molar-refractivity contribution is -0.117. The zero-order valence-electron chi connectivity index (χ0n) is 12.8. The van der Waals surface area contributed by atoms with E-state index < -0.39 is 0 Å². The van der Waals surface area contributed by atoms with Crippen molar-refractivity contribution in [3.8, 4) is 0 Å². The molecule has 118 valence electrons. The number of amides is 1. The number of hydrogen-bond donors (Lipinski definition) is 1. The van der Waals surface area contributed by atoms with Crippen LogP contribution in [0.15, 0.2) is 12.7 Å². The first kappa shape index (κ1) is 15.1. The molecule has 7 nitrogen and oxygen atoms in total. The third-order valence-electron chi connectivity index (χ3n) is 3.99. The molecule has 22 heavy (non-hydrogen) atoms. The predicted molar refractivity (Wildman–Crippen MR) is 84.8 cm³/mol. The van der Waals surface area contributed by atoms with Gasteiger partial charge < -0.3 is 5.32 Å². The molecule has 1 atom stereocenters. The minimum Gasteiger partial charge on any atom is -0.301 e. The van der Waals surface area contributed by atoms with Crippen molar-refractivity contribution in [3.05, 3.63) is 23.2 Å². The maximum atomic E-state index is 12.2. The first-order valence-corrected chi connectivity index (χ1v) is 8.24. The van der Waals surface area contributed by atoms with Gasteiger partial charge in [0.05, 0.1) is 18.8 Å². The number of carbonyl (C=O) groups excluding carboxylic acids is 1. The molecule has 0 unspecified atom stereocenters. The van der Waals surface area contributed by atoms with Crippen molar-refractivity contribution in [3.63, 3.8) is 0 Å².